The SMILES string of the molecule is CCCN(CCCCC(C)(N)C(=O)O)CC(F)(F)F. The molecule has 0 aliphatic carbocycles. The Hall–Kier alpha value is -0.820. The van der Waals surface area contributed by atoms with E-state index < -0.39 is 24.2 Å². The van der Waals surface area contributed by atoms with Crippen molar-refractivity contribution in [1.82, 2.24) is 4.90 Å². The van der Waals surface area contributed by atoms with Crippen molar-refractivity contribution in [2.45, 2.75) is 51.2 Å². The molecular weight excluding hydrogens is 261 g/mol. The first-order valence-electron chi connectivity index (χ1n) is 6.40. The minimum Gasteiger partial charge on any atom is -0.480 e. The van der Waals surface area contributed by atoms with Crippen LogP contribution in [0.5, 0.6) is 0 Å². The molecule has 0 aliphatic rings. The van der Waals surface area contributed by atoms with E-state index >= 15 is 0 Å². The van der Waals surface area contributed by atoms with Crippen LogP contribution >= 0.6 is 0 Å². The van der Waals surface area contributed by atoms with E-state index in [4.69, 9.17) is 10.8 Å². The molecule has 3 N–H and O–H groups in total. The average molecular weight is 284 g/mol. The molecular formula is C12H23F3N2O2. The average Bonchev–Trinajstić information content (AvgIpc) is 2.22. The van der Waals surface area contributed by atoms with Gasteiger partial charge in [0.25, 0.3) is 0 Å². The first-order valence-corrected chi connectivity index (χ1v) is 6.40. The number of nitrogens with zero attached hydrogens (tertiary/aromatic N) is 1. The summed E-state index contributed by atoms with van der Waals surface area (Å²) in [6.07, 6.45) is -2.28. The zero-order valence-electron chi connectivity index (χ0n) is 11.5. The fraction of sp³-hybridized carbons (Fsp3) is 0.917. The summed E-state index contributed by atoms with van der Waals surface area (Å²) in [5.74, 6) is -1.09. The molecule has 1 atom stereocenters. The maximum absolute atomic E-state index is 12.3. The van der Waals surface area contributed by atoms with E-state index in [0.717, 1.165) is 0 Å². The predicted molar refractivity (Wildman–Crippen MR) is 66.9 cm³/mol. The Morgan fingerprint density at radius 3 is 2.26 bits per heavy atom. The lowest BCUT2D eigenvalue weighted by Crippen LogP contribution is -2.44. The van der Waals surface area contributed by atoms with Gasteiger partial charge in [-0.3, -0.25) is 9.69 Å². The fourth-order valence-electron chi connectivity index (χ4n) is 1.77. The molecule has 0 fully saturated rings. The monoisotopic (exact) mass is 284 g/mol. The van der Waals surface area contributed by atoms with Crippen LogP contribution in [-0.2, 0) is 4.79 Å². The van der Waals surface area contributed by atoms with Crippen LogP contribution in [0.1, 0.15) is 39.5 Å². The first-order chi connectivity index (χ1) is 8.58. The second-order valence-corrected chi connectivity index (χ2v) is 5.07. The molecule has 0 saturated carbocycles. The van der Waals surface area contributed by atoms with Gasteiger partial charge in [-0.1, -0.05) is 6.92 Å². The summed E-state index contributed by atoms with van der Waals surface area (Å²) in [6.45, 7) is 3.01. The van der Waals surface area contributed by atoms with Crippen molar-refractivity contribution in [3.63, 3.8) is 0 Å². The maximum atomic E-state index is 12.3. The second-order valence-electron chi connectivity index (χ2n) is 5.07. The largest absolute Gasteiger partial charge is 0.480 e. The normalized spacial score (nSPS) is 15.5. The molecule has 0 aromatic heterocycles. The molecule has 0 aliphatic heterocycles. The van der Waals surface area contributed by atoms with E-state index in [1.165, 1.54) is 11.8 Å². The van der Waals surface area contributed by atoms with Gasteiger partial charge in [-0.2, -0.15) is 13.2 Å². The Balaban J connectivity index is 4.03. The highest BCUT2D eigenvalue weighted by Gasteiger charge is 2.30. The minimum atomic E-state index is -4.20. The quantitative estimate of drug-likeness (QED) is 0.637. The summed E-state index contributed by atoms with van der Waals surface area (Å²) in [5.41, 5.74) is 4.24. The summed E-state index contributed by atoms with van der Waals surface area (Å²) in [4.78, 5) is 12.1. The molecule has 0 amide bonds. The van der Waals surface area contributed by atoms with Crippen molar-refractivity contribution in [1.29, 1.82) is 0 Å². The van der Waals surface area contributed by atoms with Crippen molar-refractivity contribution in [2.24, 2.45) is 5.73 Å². The summed E-state index contributed by atoms with van der Waals surface area (Å²) < 4.78 is 36.9. The third-order valence-corrected chi connectivity index (χ3v) is 2.85. The van der Waals surface area contributed by atoms with Gasteiger partial charge < -0.3 is 10.8 Å². The fourth-order valence-corrected chi connectivity index (χ4v) is 1.77. The van der Waals surface area contributed by atoms with Crippen LogP contribution in [0.3, 0.4) is 0 Å². The highest BCUT2D eigenvalue weighted by Crippen LogP contribution is 2.18. The number of carbonyl (C=O) groups is 1. The van der Waals surface area contributed by atoms with Crippen LogP contribution in [0.15, 0.2) is 0 Å². The van der Waals surface area contributed by atoms with Crippen molar-refractivity contribution < 1.29 is 23.1 Å². The molecule has 0 spiro atoms. The zero-order valence-corrected chi connectivity index (χ0v) is 11.5. The van der Waals surface area contributed by atoms with E-state index in [1.807, 2.05) is 6.92 Å². The number of aliphatic carboxylic acids is 1. The van der Waals surface area contributed by atoms with E-state index in [0.29, 0.717) is 32.4 Å². The van der Waals surface area contributed by atoms with Crippen LogP contribution in [0.2, 0.25) is 0 Å². The molecule has 0 aromatic carbocycles. The molecule has 0 aromatic rings. The highest BCUT2D eigenvalue weighted by molar-refractivity contribution is 5.77. The van der Waals surface area contributed by atoms with Gasteiger partial charge in [-0.05, 0) is 45.7 Å². The molecule has 0 saturated heterocycles. The van der Waals surface area contributed by atoms with E-state index in [-0.39, 0.29) is 6.42 Å². The number of carboxylic acid groups (broad SMARTS) is 1. The number of hydrogen-bond acceptors (Lipinski definition) is 3. The number of halogens is 3. The van der Waals surface area contributed by atoms with Crippen molar-refractivity contribution in [2.75, 3.05) is 19.6 Å². The molecule has 0 bridgehead atoms. The second kappa shape index (κ2) is 7.69. The lowest BCUT2D eigenvalue weighted by Gasteiger charge is -2.24. The van der Waals surface area contributed by atoms with E-state index in [1.54, 1.807) is 0 Å². The molecule has 114 valence electrons. The third-order valence-electron chi connectivity index (χ3n) is 2.85. The number of hydrogen-bond donors (Lipinski definition) is 2. The number of rotatable bonds is 9. The molecule has 19 heavy (non-hydrogen) atoms. The van der Waals surface area contributed by atoms with Gasteiger partial charge in [-0.25, -0.2) is 0 Å². The zero-order chi connectivity index (χ0) is 15.1. The number of nitrogens with two attached hydrogens (primary N) is 1. The molecule has 0 heterocycles. The van der Waals surface area contributed by atoms with Gasteiger partial charge >= 0.3 is 12.1 Å². The van der Waals surface area contributed by atoms with Crippen molar-refractivity contribution >= 4 is 5.97 Å². The Kier molecular flexibility index (Phi) is 7.36. The Labute approximate surface area is 111 Å². The van der Waals surface area contributed by atoms with E-state index in [9.17, 15) is 18.0 Å². The Morgan fingerprint density at radius 2 is 1.84 bits per heavy atom. The van der Waals surface area contributed by atoms with Gasteiger partial charge in [0, 0.05) is 0 Å². The van der Waals surface area contributed by atoms with Gasteiger partial charge in [0.2, 0.25) is 0 Å². The molecule has 7 heteroatoms. The Morgan fingerprint density at radius 1 is 1.26 bits per heavy atom. The number of carboxylic acids is 1. The first kappa shape index (κ1) is 18.2. The predicted octanol–water partition coefficient (Wildman–Crippen LogP) is 2.23. The summed E-state index contributed by atoms with van der Waals surface area (Å²) in [7, 11) is 0. The topological polar surface area (TPSA) is 66.6 Å². The van der Waals surface area contributed by atoms with Crippen LogP contribution < -0.4 is 5.73 Å². The molecule has 0 rings (SSSR count). The molecule has 1 unspecified atom stereocenters. The number of alkyl halides is 3. The lowest BCUT2D eigenvalue weighted by molar-refractivity contribution is -0.146. The summed E-state index contributed by atoms with van der Waals surface area (Å²) >= 11 is 0. The van der Waals surface area contributed by atoms with Crippen molar-refractivity contribution in [3.8, 4) is 0 Å². The third kappa shape index (κ3) is 8.83. The molecule has 4 nitrogen and oxygen atoms in total. The summed E-state index contributed by atoms with van der Waals surface area (Å²) in [6, 6.07) is 0. The lowest BCUT2D eigenvalue weighted by atomic mass is 9.96. The van der Waals surface area contributed by atoms with Crippen LogP contribution in [-0.4, -0.2) is 47.3 Å². The van der Waals surface area contributed by atoms with Crippen LogP contribution in [0.25, 0.3) is 0 Å². The smallest absolute Gasteiger partial charge is 0.401 e. The van der Waals surface area contributed by atoms with Gasteiger partial charge in [0.1, 0.15) is 5.54 Å². The highest BCUT2D eigenvalue weighted by atomic mass is 19.4. The maximum Gasteiger partial charge on any atom is 0.401 e. The standard InChI is InChI=1S/C12H23F3N2O2/c1-3-7-17(9-12(13,14)15)8-5-4-6-11(2,16)10(18)19/h3-9,16H2,1-2H3,(H,18,19). The van der Waals surface area contributed by atoms with Crippen LogP contribution in [0.4, 0.5) is 13.2 Å². The minimum absolute atomic E-state index is 0.258. The number of unbranched alkanes of at least 4 members (excludes halogenated alkanes) is 1. The van der Waals surface area contributed by atoms with Gasteiger partial charge in [0.15, 0.2) is 0 Å². The van der Waals surface area contributed by atoms with Crippen LogP contribution in [0, 0.1) is 0 Å². The van der Waals surface area contributed by atoms with Crippen molar-refractivity contribution in [3.05, 3.63) is 0 Å². The van der Waals surface area contributed by atoms with Gasteiger partial charge in [-0.15, -0.1) is 0 Å². The van der Waals surface area contributed by atoms with Gasteiger partial charge in [0.05, 0.1) is 6.54 Å². The molecule has 0 radical (unpaired) electrons. The summed E-state index contributed by atoms with van der Waals surface area (Å²) in [5, 5.41) is 8.80. The Bertz CT molecular complexity index is 281. The van der Waals surface area contributed by atoms with E-state index in [2.05, 4.69) is 0 Å².